The standard InChI is InChI=1S/C31H34N2O3/c1-23-22-33(29(34)21-24-11-3-2-4-12-24)20-19-32(23)18-10-9-17-31(30(35)36)27-15-7-5-13-25(27)26-14-6-8-16-28(26)31/h2-8,11-16,23H,9-10,17-22H2,1H3,(H,35,36)/t23-/m0/s1. The van der Waals surface area contributed by atoms with Crippen LogP contribution >= 0.6 is 0 Å². The van der Waals surface area contributed by atoms with Crippen LogP contribution in [0, 0.1) is 0 Å². The van der Waals surface area contributed by atoms with E-state index in [1.54, 1.807) is 0 Å². The predicted molar refractivity (Wildman–Crippen MR) is 142 cm³/mol. The van der Waals surface area contributed by atoms with Gasteiger partial charge in [-0.2, -0.15) is 0 Å². The summed E-state index contributed by atoms with van der Waals surface area (Å²) in [6.45, 7) is 5.45. The lowest BCUT2D eigenvalue weighted by molar-refractivity contribution is -0.142. The Morgan fingerprint density at radius 2 is 1.47 bits per heavy atom. The summed E-state index contributed by atoms with van der Waals surface area (Å²) >= 11 is 0. The zero-order valence-corrected chi connectivity index (χ0v) is 20.9. The highest BCUT2D eigenvalue weighted by Crippen LogP contribution is 2.51. The molecule has 1 heterocycles. The SMILES string of the molecule is C[C@H]1CN(C(=O)Cc2ccccc2)CCN1CCCCC1(C(=O)O)c2ccccc2-c2ccccc21. The van der Waals surface area contributed by atoms with Crippen molar-refractivity contribution in [1.82, 2.24) is 9.80 Å². The second kappa shape index (κ2) is 10.3. The molecule has 0 saturated carbocycles. The first-order chi connectivity index (χ1) is 17.5. The fraction of sp³-hybridized carbons (Fsp3) is 0.355. The summed E-state index contributed by atoms with van der Waals surface area (Å²) in [4.78, 5) is 30.0. The number of aliphatic carboxylic acids is 1. The number of nitrogens with zero attached hydrogens (tertiary/aromatic N) is 2. The van der Waals surface area contributed by atoms with E-state index >= 15 is 0 Å². The molecule has 0 unspecified atom stereocenters. The van der Waals surface area contributed by atoms with E-state index in [1.165, 1.54) is 0 Å². The molecule has 186 valence electrons. The van der Waals surface area contributed by atoms with Crippen molar-refractivity contribution in [2.24, 2.45) is 0 Å². The molecule has 1 atom stereocenters. The second-order valence-electron chi connectivity index (χ2n) is 10.1. The normalized spacial score (nSPS) is 18.5. The summed E-state index contributed by atoms with van der Waals surface area (Å²) in [7, 11) is 0. The van der Waals surface area contributed by atoms with Gasteiger partial charge in [0.25, 0.3) is 0 Å². The lowest BCUT2D eigenvalue weighted by Gasteiger charge is -2.40. The van der Waals surface area contributed by atoms with Gasteiger partial charge in [0.15, 0.2) is 0 Å². The number of carboxylic acid groups (broad SMARTS) is 1. The van der Waals surface area contributed by atoms with Crippen LogP contribution in [0.5, 0.6) is 0 Å². The minimum atomic E-state index is -0.985. The van der Waals surface area contributed by atoms with Crippen LogP contribution in [0.15, 0.2) is 78.9 Å². The molecule has 0 aromatic heterocycles. The zero-order valence-electron chi connectivity index (χ0n) is 20.9. The van der Waals surface area contributed by atoms with E-state index in [4.69, 9.17) is 0 Å². The van der Waals surface area contributed by atoms with Gasteiger partial charge in [0.05, 0.1) is 6.42 Å². The largest absolute Gasteiger partial charge is 0.480 e. The van der Waals surface area contributed by atoms with Crippen molar-refractivity contribution in [3.05, 3.63) is 95.6 Å². The number of hydrogen-bond acceptors (Lipinski definition) is 3. The van der Waals surface area contributed by atoms with Crippen molar-refractivity contribution in [3.63, 3.8) is 0 Å². The molecule has 1 amide bonds. The summed E-state index contributed by atoms with van der Waals surface area (Å²) in [5.41, 5.74) is 3.98. The molecule has 0 bridgehead atoms. The van der Waals surface area contributed by atoms with Crippen LogP contribution in [-0.4, -0.2) is 59.0 Å². The number of rotatable bonds is 8. The number of amides is 1. The van der Waals surface area contributed by atoms with Crippen LogP contribution in [0.2, 0.25) is 0 Å². The van der Waals surface area contributed by atoms with Gasteiger partial charge >= 0.3 is 5.97 Å². The molecule has 3 aromatic carbocycles. The van der Waals surface area contributed by atoms with E-state index in [2.05, 4.69) is 11.8 Å². The first-order valence-electron chi connectivity index (χ1n) is 13.0. The number of benzene rings is 3. The van der Waals surface area contributed by atoms with E-state index < -0.39 is 11.4 Å². The first-order valence-corrected chi connectivity index (χ1v) is 13.0. The van der Waals surface area contributed by atoms with Gasteiger partial charge in [0, 0.05) is 25.7 Å². The highest BCUT2D eigenvalue weighted by Gasteiger charge is 2.48. The summed E-state index contributed by atoms with van der Waals surface area (Å²) < 4.78 is 0. The Balaban J connectivity index is 1.19. The van der Waals surface area contributed by atoms with Crippen LogP contribution in [0.4, 0.5) is 0 Å². The Hall–Kier alpha value is -3.44. The van der Waals surface area contributed by atoms with Gasteiger partial charge in [0.2, 0.25) is 5.91 Å². The van der Waals surface area contributed by atoms with E-state index in [-0.39, 0.29) is 5.91 Å². The van der Waals surface area contributed by atoms with E-state index in [1.807, 2.05) is 83.8 Å². The Morgan fingerprint density at radius 3 is 2.08 bits per heavy atom. The smallest absolute Gasteiger partial charge is 0.318 e. The molecule has 3 aromatic rings. The van der Waals surface area contributed by atoms with Crippen LogP contribution in [0.1, 0.15) is 42.9 Å². The maximum atomic E-state index is 12.8. The second-order valence-corrected chi connectivity index (χ2v) is 10.1. The molecule has 36 heavy (non-hydrogen) atoms. The van der Waals surface area contributed by atoms with E-state index in [0.717, 1.165) is 66.8 Å². The van der Waals surface area contributed by atoms with Crippen molar-refractivity contribution in [2.45, 2.75) is 44.1 Å². The zero-order chi connectivity index (χ0) is 25.1. The summed E-state index contributed by atoms with van der Waals surface area (Å²) in [5.74, 6) is -0.575. The minimum Gasteiger partial charge on any atom is -0.480 e. The van der Waals surface area contributed by atoms with Crippen LogP contribution in [0.25, 0.3) is 11.1 Å². The number of hydrogen-bond donors (Lipinski definition) is 1. The van der Waals surface area contributed by atoms with E-state index in [0.29, 0.717) is 18.9 Å². The average molecular weight is 483 g/mol. The van der Waals surface area contributed by atoms with Crippen LogP contribution < -0.4 is 0 Å². The number of carbonyl (C=O) groups excluding carboxylic acids is 1. The third kappa shape index (κ3) is 4.44. The van der Waals surface area contributed by atoms with Gasteiger partial charge in [-0.15, -0.1) is 0 Å². The molecule has 0 radical (unpaired) electrons. The molecule has 1 fully saturated rings. The Labute approximate surface area is 213 Å². The quantitative estimate of drug-likeness (QED) is 0.460. The highest BCUT2D eigenvalue weighted by atomic mass is 16.4. The number of carboxylic acids is 1. The van der Waals surface area contributed by atoms with Gasteiger partial charge in [-0.1, -0.05) is 85.3 Å². The van der Waals surface area contributed by atoms with Crippen LogP contribution in [0.3, 0.4) is 0 Å². The lowest BCUT2D eigenvalue weighted by atomic mass is 9.74. The van der Waals surface area contributed by atoms with Crippen molar-refractivity contribution in [1.29, 1.82) is 0 Å². The first kappa shape index (κ1) is 24.3. The van der Waals surface area contributed by atoms with E-state index in [9.17, 15) is 14.7 Å². The highest BCUT2D eigenvalue weighted by molar-refractivity contribution is 5.97. The van der Waals surface area contributed by atoms with Crippen molar-refractivity contribution < 1.29 is 14.7 Å². The molecular weight excluding hydrogens is 448 g/mol. The van der Waals surface area contributed by atoms with Gasteiger partial charge in [-0.25, -0.2) is 0 Å². The predicted octanol–water partition coefficient (Wildman–Crippen LogP) is 4.98. The van der Waals surface area contributed by atoms with Gasteiger partial charge in [-0.05, 0) is 54.1 Å². The lowest BCUT2D eigenvalue weighted by Crippen LogP contribution is -2.54. The third-order valence-corrected chi connectivity index (χ3v) is 7.99. The molecule has 2 aliphatic rings. The summed E-state index contributed by atoms with van der Waals surface area (Å²) in [5, 5.41) is 10.5. The fourth-order valence-corrected chi connectivity index (χ4v) is 6.07. The molecule has 1 aliphatic heterocycles. The molecule has 1 aliphatic carbocycles. The van der Waals surface area contributed by atoms with Gasteiger partial charge in [-0.3, -0.25) is 14.5 Å². The van der Waals surface area contributed by atoms with Crippen molar-refractivity contribution in [3.8, 4) is 11.1 Å². The van der Waals surface area contributed by atoms with Crippen LogP contribution in [-0.2, 0) is 21.4 Å². The Kier molecular flexibility index (Phi) is 6.92. The molecule has 1 saturated heterocycles. The molecule has 5 heteroatoms. The third-order valence-electron chi connectivity index (χ3n) is 7.99. The Morgan fingerprint density at radius 1 is 0.861 bits per heavy atom. The maximum absolute atomic E-state index is 12.8. The molecule has 1 N–H and O–H groups in total. The number of piperazine rings is 1. The number of unbranched alkanes of at least 4 members (excludes halogenated alkanes) is 1. The van der Waals surface area contributed by atoms with Gasteiger partial charge in [0.1, 0.15) is 5.41 Å². The Bertz CT molecular complexity index is 1190. The fourth-order valence-electron chi connectivity index (χ4n) is 6.07. The molecule has 5 rings (SSSR count). The topological polar surface area (TPSA) is 60.9 Å². The monoisotopic (exact) mass is 482 g/mol. The molecular formula is C31H34N2O3. The molecule has 0 spiro atoms. The summed E-state index contributed by atoms with van der Waals surface area (Å²) in [6.07, 6.45) is 2.80. The maximum Gasteiger partial charge on any atom is 0.318 e. The van der Waals surface area contributed by atoms with Crippen molar-refractivity contribution in [2.75, 3.05) is 26.2 Å². The summed E-state index contributed by atoms with van der Waals surface area (Å²) in [6, 6.07) is 26.1. The minimum absolute atomic E-state index is 0.190. The number of fused-ring (bicyclic) bond motifs is 3. The molecule has 5 nitrogen and oxygen atoms in total. The van der Waals surface area contributed by atoms with Gasteiger partial charge < -0.3 is 10.0 Å². The number of carbonyl (C=O) groups is 2. The average Bonchev–Trinajstić information content (AvgIpc) is 3.19. The van der Waals surface area contributed by atoms with Crippen molar-refractivity contribution >= 4 is 11.9 Å².